The van der Waals surface area contributed by atoms with Crippen molar-refractivity contribution in [2.75, 3.05) is 18.9 Å². The predicted octanol–water partition coefficient (Wildman–Crippen LogP) is 0.640. The molecule has 0 fully saturated rings. The lowest BCUT2D eigenvalue weighted by molar-refractivity contribution is -0.115. The summed E-state index contributed by atoms with van der Waals surface area (Å²) in [6.45, 7) is 0.271. The third-order valence-corrected chi connectivity index (χ3v) is 2.49. The first-order chi connectivity index (χ1) is 8.72. The van der Waals surface area contributed by atoms with Crippen LogP contribution in [0.1, 0.15) is 0 Å². The summed E-state index contributed by atoms with van der Waals surface area (Å²) in [7, 11) is 3.59. The summed E-state index contributed by atoms with van der Waals surface area (Å²) in [5, 5.41) is 13.5. The Bertz CT molecular complexity index is 549. The van der Waals surface area contributed by atoms with Gasteiger partial charge in [-0.25, -0.2) is 0 Å². The van der Waals surface area contributed by atoms with Gasteiger partial charge in [-0.3, -0.25) is 4.79 Å². The number of hydrogen-bond donors (Lipinski definition) is 2. The van der Waals surface area contributed by atoms with Crippen LogP contribution in [0.5, 0.6) is 0 Å². The van der Waals surface area contributed by atoms with Gasteiger partial charge >= 0.3 is 0 Å². The van der Waals surface area contributed by atoms with E-state index in [0.717, 1.165) is 17.1 Å². The number of carbonyl (C=O) groups excluding carboxylic acids is 1. The minimum Gasteiger partial charge on any atom is -0.324 e. The molecule has 2 N–H and O–H groups in total. The second-order valence-corrected chi connectivity index (χ2v) is 3.89. The number of para-hydroxylation sites is 1. The maximum absolute atomic E-state index is 11.6. The fourth-order valence-electron chi connectivity index (χ4n) is 1.67. The van der Waals surface area contributed by atoms with Crippen molar-refractivity contribution in [3.05, 3.63) is 30.6 Å². The van der Waals surface area contributed by atoms with Crippen molar-refractivity contribution in [3.63, 3.8) is 0 Å². The largest absolute Gasteiger partial charge is 0.324 e. The van der Waals surface area contributed by atoms with Gasteiger partial charge in [0, 0.05) is 12.6 Å². The standard InChI is InChI=1S/C12H15N5O/c1-13-7-11(18)15-10-6-4-3-5-9(10)12-16-14-8-17(12)2/h3-6,8,13H,7H2,1-2H3,(H,15,18). The highest BCUT2D eigenvalue weighted by atomic mass is 16.1. The third kappa shape index (κ3) is 2.54. The van der Waals surface area contributed by atoms with Crippen molar-refractivity contribution in [2.24, 2.45) is 7.05 Å². The van der Waals surface area contributed by atoms with Crippen molar-refractivity contribution in [1.82, 2.24) is 20.1 Å². The van der Waals surface area contributed by atoms with Gasteiger partial charge in [-0.1, -0.05) is 12.1 Å². The minimum atomic E-state index is -0.0906. The van der Waals surface area contributed by atoms with Crippen LogP contribution in [0.25, 0.3) is 11.4 Å². The Balaban J connectivity index is 2.32. The monoisotopic (exact) mass is 245 g/mol. The molecule has 1 aromatic heterocycles. The quantitative estimate of drug-likeness (QED) is 0.829. The average molecular weight is 245 g/mol. The Morgan fingerprint density at radius 3 is 2.83 bits per heavy atom. The number of aryl methyl sites for hydroxylation is 1. The molecule has 0 radical (unpaired) electrons. The van der Waals surface area contributed by atoms with E-state index in [0.29, 0.717) is 0 Å². The van der Waals surface area contributed by atoms with Crippen molar-refractivity contribution < 1.29 is 4.79 Å². The molecule has 18 heavy (non-hydrogen) atoms. The first kappa shape index (κ1) is 12.3. The molecular formula is C12H15N5O. The highest BCUT2D eigenvalue weighted by Gasteiger charge is 2.11. The molecule has 0 aliphatic heterocycles. The number of benzene rings is 1. The van der Waals surface area contributed by atoms with E-state index in [2.05, 4.69) is 20.8 Å². The third-order valence-electron chi connectivity index (χ3n) is 2.49. The smallest absolute Gasteiger partial charge is 0.238 e. The minimum absolute atomic E-state index is 0.0906. The zero-order valence-corrected chi connectivity index (χ0v) is 10.3. The van der Waals surface area contributed by atoms with Crippen LogP contribution in [-0.4, -0.2) is 34.3 Å². The van der Waals surface area contributed by atoms with E-state index in [1.807, 2.05) is 35.9 Å². The van der Waals surface area contributed by atoms with Crippen LogP contribution in [-0.2, 0) is 11.8 Å². The summed E-state index contributed by atoms with van der Waals surface area (Å²) in [4.78, 5) is 11.6. The first-order valence-electron chi connectivity index (χ1n) is 5.60. The molecule has 2 aromatic rings. The number of nitrogens with zero attached hydrogens (tertiary/aromatic N) is 3. The Hall–Kier alpha value is -2.21. The highest BCUT2D eigenvalue weighted by Crippen LogP contribution is 2.25. The van der Waals surface area contributed by atoms with E-state index in [9.17, 15) is 4.79 Å². The van der Waals surface area contributed by atoms with Crippen LogP contribution in [0.4, 0.5) is 5.69 Å². The molecule has 0 unspecified atom stereocenters. The highest BCUT2D eigenvalue weighted by molar-refractivity contribution is 5.95. The van der Waals surface area contributed by atoms with Crippen LogP contribution < -0.4 is 10.6 Å². The number of hydrogen-bond acceptors (Lipinski definition) is 4. The molecule has 0 saturated heterocycles. The number of anilines is 1. The number of amides is 1. The lowest BCUT2D eigenvalue weighted by atomic mass is 10.1. The molecule has 0 spiro atoms. The Kier molecular flexibility index (Phi) is 3.69. The topological polar surface area (TPSA) is 71.8 Å². The van der Waals surface area contributed by atoms with Gasteiger partial charge in [0.05, 0.1) is 12.2 Å². The summed E-state index contributed by atoms with van der Waals surface area (Å²) >= 11 is 0. The number of carbonyl (C=O) groups is 1. The van der Waals surface area contributed by atoms with Crippen LogP contribution in [0.3, 0.4) is 0 Å². The second-order valence-electron chi connectivity index (χ2n) is 3.89. The summed E-state index contributed by atoms with van der Waals surface area (Å²) in [5.41, 5.74) is 1.58. The molecule has 6 nitrogen and oxygen atoms in total. The Labute approximate surface area is 105 Å². The van der Waals surface area contributed by atoms with Crippen LogP contribution in [0.15, 0.2) is 30.6 Å². The van der Waals surface area contributed by atoms with Gasteiger partial charge < -0.3 is 15.2 Å². The normalized spacial score (nSPS) is 10.3. The van der Waals surface area contributed by atoms with Crippen molar-refractivity contribution in [1.29, 1.82) is 0 Å². The van der Waals surface area contributed by atoms with Gasteiger partial charge in [-0.05, 0) is 19.2 Å². The molecule has 1 aromatic carbocycles. The van der Waals surface area contributed by atoms with E-state index >= 15 is 0 Å². The van der Waals surface area contributed by atoms with Gasteiger partial charge in [0.1, 0.15) is 6.33 Å². The predicted molar refractivity (Wildman–Crippen MR) is 69.0 cm³/mol. The average Bonchev–Trinajstić information content (AvgIpc) is 2.76. The molecule has 0 bridgehead atoms. The summed E-state index contributed by atoms with van der Waals surface area (Å²) in [6.07, 6.45) is 1.63. The van der Waals surface area contributed by atoms with Crippen LogP contribution in [0, 0.1) is 0 Å². The van der Waals surface area contributed by atoms with Crippen molar-refractivity contribution >= 4 is 11.6 Å². The number of likely N-dealkylation sites (N-methyl/N-ethyl adjacent to an activating group) is 1. The fraction of sp³-hybridized carbons (Fsp3) is 0.250. The molecule has 1 amide bonds. The number of rotatable bonds is 4. The zero-order valence-electron chi connectivity index (χ0n) is 10.3. The van der Waals surface area contributed by atoms with E-state index in [4.69, 9.17) is 0 Å². The lowest BCUT2D eigenvalue weighted by Gasteiger charge is -2.10. The van der Waals surface area contributed by atoms with Gasteiger partial charge in [-0.2, -0.15) is 0 Å². The van der Waals surface area contributed by atoms with Crippen LogP contribution in [0.2, 0.25) is 0 Å². The van der Waals surface area contributed by atoms with E-state index in [-0.39, 0.29) is 12.5 Å². The second kappa shape index (κ2) is 5.42. The maximum atomic E-state index is 11.6. The van der Waals surface area contributed by atoms with Gasteiger partial charge in [0.2, 0.25) is 5.91 Å². The fourth-order valence-corrected chi connectivity index (χ4v) is 1.67. The summed E-state index contributed by atoms with van der Waals surface area (Å²) in [5.74, 6) is 0.627. The summed E-state index contributed by atoms with van der Waals surface area (Å²) < 4.78 is 1.81. The van der Waals surface area contributed by atoms with Gasteiger partial charge in [0.15, 0.2) is 5.82 Å². The number of aromatic nitrogens is 3. The molecule has 94 valence electrons. The van der Waals surface area contributed by atoms with Crippen LogP contribution >= 0.6 is 0 Å². The molecule has 0 atom stereocenters. The van der Waals surface area contributed by atoms with Crippen molar-refractivity contribution in [2.45, 2.75) is 0 Å². The summed E-state index contributed by atoms with van der Waals surface area (Å²) in [6, 6.07) is 7.52. The van der Waals surface area contributed by atoms with E-state index in [1.54, 1.807) is 13.4 Å². The molecule has 0 aliphatic rings. The van der Waals surface area contributed by atoms with Gasteiger partial charge in [0.25, 0.3) is 0 Å². The molecule has 0 aliphatic carbocycles. The molecule has 0 saturated carbocycles. The Morgan fingerprint density at radius 1 is 1.39 bits per heavy atom. The molecule has 2 rings (SSSR count). The molecular weight excluding hydrogens is 230 g/mol. The lowest BCUT2D eigenvalue weighted by Crippen LogP contribution is -2.25. The number of nitrogens with one attached hydrogen (secondary N) is 2. The van der Waals surface area contributed by atoms with Crippen molar-refractivity contribution in [3.8, 4) is 11.4 Å². The first-order valence-corrected chi connectivity index (χ1v) is 5.60. The Morgan fingerprint density at radius 2 is 2.17 bits per heavy atom. The molecule has 6 heteroatoms. The van der Waals surface area contributed by atoms with E-state index in [1.165, 1.54) is 0 Å². The SMILES string of the molecule is CNCC(=O)Nc1ccccc1-c1nncn1C. The zero-order chi connectivity index (χ0) is 13.0. The maximum Gasteiger partial charge on any atom is 0.238 e. The van der Waals surface area contributed by atoms with Gasteiger partial charge in [-0.15, -0.1) is 10.2 Å². The molecule has 1 heterocycles. The van der Waals surface area contributed by atoms with E-state index < -0.39 is 0 Å².